The molecule has 0 aliphatic carbocycles. The number of rotatable bonds is 2. The molecule has 0 amide bonds. The first-order valence-electron chi connectivity index (χ1n) is 5.54. The molecule has 6 heteroatoms. The number of nitrogens with zero attached hydrogens (tertiary/aromatic N) is 2. The van der Waals surface area contributed by atoms with Gasteiger partial charge in [-0.3, -0.25) is 4.79 Å². The molecule has 0 unspecified atom stereocenters. The fraction of sp³-hybridized carbons (Fsp3) is 0. The maximum absolute atomic E-state index is 12.1. The number of hydrogen-bond donors (Lipinski definition) is 2. The maximum atomic E-state index is 12.1. The number of carboxylic acid groups (broad SMARTS) is 1. The number of pyridine rings is 1. The van der Waals surface area contributed by atoms with Crippen LogP contribution in [0, 0.1) is 0 Å². The van der Waals surface area contributed by atoms with Crippen molar-refractivity contribution in [2.24, 2.45) is 0 Å². The topological polar surface area (TPSA) is 88.0 Å². The zero-order chi connectivity index (χ0) is 13.4. The molecule has 3 aromatic rings. The van der Waals surface area contributed by atoms with Crippen molar-refractivity contribution in [1.29, 1.82) is 0 Å². The molecular formula is C13H9N3O3. The summed E-state index contributed by atoms with van der Waals surface area (Å²) in [6.07, 6.45) is 6.19. The number of aromatic amines is 1. The van der Waals surface area contributed by atoms with Gasteiger partial charge < -0.3 is 14.7 Å². The maximum Gasteiger partial charge on any atom is 0.341 e. The molecule has 0 atom stereocenters. The van der Waals surface area contributed by atoms with Crippen LogP contribution >= 0.6 is 0 Å². The van der Waals surface area contributed by atoms with E-state index in [9.17, 15) is 9.59 Å². The van der Waals surface area contributed by atoms with Crippen molar-refractivity contribution in [2.45, 2.75) is 0 Å². The Morgan fingerprint density at radius 3 is 2.89 bits per heavy atom. The van der Waals surface area contributed by atoms with Gasteiger partial charge in [-0.25, -0.2) is 9.78 Å². The van der Waals surface area contributed by atoms with E-state index < -0.39 is 11.4 Å². The third-order valence-corrected chi connectivity index (χ3v) is 2.90. The van der Waals surface area contributed by atoms with E-state index in [1.165, 1.54) is 6.20 Å². The van der Waals surface area contributed by atoms with Crippen molar-refractivity contribution in [3.63, 3.8) is 0 Å². The van der Waals surface area contributed by atoms with Crippen molar-refractivity contribution < 1.29 is 9.90 Å². The fourth-order valence-electron chi connectivity index (χ4n) is 1.94. The van der Waals surface area contributed by atoms with Gasteiger partial charge in [-0.15, -0.1) is 0 Å². The number of H-pyrrole nitrogens is 1. The Morgan fingerprint density at radius 2 is 2.21 bits per heavy atom. The summed E-state index contributed by atoms with van der Waals surface area (Å²) >= 11 is 0. The third kappa shape index (κ3) is 1.79. The molecule has 0 saturated carbocycles. The minimum Gasteiger partial charge on any atom is -0.477 e. The second-order valence-electron chi connectivity index (χ2n) is 4.04. The van der Waals surface area contributed by atoms with E-state index in [-0.39, 0.29) is 5.56 Å². The lowest BCUT2D eigenvalue weighted by molar-refractivity contribution is 0.0695. The molecule has 0 saturated heterocycles. The molecule has 6 nitrogen and oxygen atoms in total. The smallest absolute Gasteiger partial charge is 0.341 e. The minimum absolute atomic E-state index is 0.268. The van der Waals surface area contributed by atoms with Crippen LogP contribution in [-0.2, 0) is 0 Å². The van der Waals surface area contributed by atoms with Crippen molar-refractivity contribution in [2.75, 3.05) is 0 Å². The van der Waals surface area contributed by atoms with Gasteiger partial charge in [0.2, 0.25) is 5.43 Å². The summed E-state index contributed by atoms with van der Waals surface area (Å²) in [7, 11) is 0. The molecule has 0 bridgehead atoms. The minimum atomic E-state index is -1.24. The Labute approximate surface area is 107 Å². The van der Waals surface area contributed by atoms with E-state index in [1.807, 2.05) is 6.07 Å². The number of fused-ring (bicyclic) bond motifs is 1. The van der Waals surface area contributed by atoms with Gasteiger partial charge in [0.25, 0.3) is 0 Å². The zero-order valence-electron chi connectivity index (χ0n) is 9.70. The Morgan fingerprint density at radius 1 is 1.37 bits per heavy atom. The van der Waals surface area contributed by atoms with E-state index in [1.54, 1.807) is 35.4 Å². The predicted molar refractivity (Wildman–Crippen MR) is 68.7 cm³/mol. The van der Waals surface area contributed by atoms with E-state index in [0.717, 1.165) is 5.69 Å². The normalized spacial score (nSPS) is 10.7. The highest BCUT2D eigenvalue weighted by molar-refractivity contribution is 5.92. The Hall–Kier alpha value is -2.89. The first kappa shape index (κ1) is 11.2. The molecule has 0 radical (unpaired) electrons. The average molecular weight is 255 g/mol. The third-order valence-electron chi connectivity index (χ3n) is 2.90. The summed E-state index contributed by atoms with van der Waals surface area (Å²) in [4.78, 5) is 29.7. The van der Waals surface area contributed by atoms with Gasteiger partial charge in [0.1, 0.15) is 5.56 Å². The summed E-state index contributed by atoms with van der Waals surface area (Å²) in [5.41, 5.74) is 0.579. The first-order chi connectivity index (χ1) is 9.16. The molecule has 0 spiro atoms. The van der Waals surface area contributed by atoms with Crippen LogP contribution in [0.3, 0.4) is 0 Å². The van der Waals surface area contributed by atoms with Crippen molar-refractivity contribution in [3.8, 4) is 5.69 Å². The van der Waals surface area contributed by atoms with Crippen molar-refractivity contribution in [3.05, 3.63) is 58.9 Å². The number of hydrogen-bond acceptors (Lipinski definition) is 3. The number of nitrogens with one attached hydrogen (secondary N) is 1. The summed E-state index contributed by atoms with van der Waals surface area (Å²) in [6.45, 7) is 0. The number of imidazole rings is 1. The molecule has 1 aromatic carbocycles. The first-order valence-corrected chi connectivity index (χ1v) is 5.54. The van der Waals surface area contributed by atoms with E-state index in [2.05, 4.69) is 9.97 Å². The molecular weight excluding hydrogens is 246 g/mol. The molecule has 0 fully saturated rings. The van der Waals surface area contributed by atoms with Gasteiger partial charge in [-0.1, -0.05) is 0 Å². The standard InChI is InChI=1S/C13H9N3O3/c17-12-9-5-8(16-4-3-14-7-16)1-2-11(9)15-6-10(12)13(18)19/h1-7H,(H,15,17)(H,18,19). The number of carboxylic acids is 1. The van der Waals surface area contributed by atoms with Gasteiger partial charge in [-0.2, -0.15) is 0 Å². The van der Waals surface area contributed by atoms with Gasteiger partial charge in [0, 0.05) is 35.2 Å². The number of aromatic carboxylic acids is 1. The summed E-state index contributed by atoms with van der Waals surface area (Å²) in [5, 5.41) is 9.28. The second-order valence-corrected chi connectivity index (χ2v) is 4.04. The van der Waals surface area contributed by atoms with E-state index >= 15 is 0 Å². The van der Waals surface area contributed by atoms with Crippen LogP contribution in [0.2, 0.25) is 0 Å². The van der Waals surface area contributed by atoms with Gasteiger partial charge in [0.15, 0.2) is 0 Å². The number of benzene rings is 1. The molecule has 3 rings (SSSR count). The largest absolute Gasteiger partial charge is 0.477 e. The van der Waals surface area contributed by atoms with Crippen LogP contribution in [0.1, 0.15) is 10.4 Å². The second kappa shape index (κ2) is 4.09. The molecule has 2 aromatic heterocycles. The molecule has 2 N–H and O–H groups in total. The van der Waals surface area contributed by atoms with E-state index in [4.69, 9.17) is 5.11 Å². The lowest BCUT2D eigenvalue weighted by Crippen LogP contribution is -2.15. The molecule has 2 heterocycles. The quantitative estimate of drug-likeness (QED) is 0.724. The van der Waals surface area contributed by atoms with Gasteiger partial charge in [-0.05, 0) is 18.2 Å². The molecule has 19 heavy (non-hydrogen) atoms. The number of aromatic nitrogens is 3. The predicted octanol–water partition coefficient (Wildman–Crippen LogP) is 1.41. The highest BCUT2D eigenvalue weighted by Gasteiger charge is 2.11. The molecule has 0 aliphatic heterocycles. The highest BCUT2D eigenvalue weighted by Crippen LogP contribution is 2.14. The Bertz CT molecular complexity index is 819. The van der Waals surface area contributed by atoms with Crippen LogP contribution in [0.4, 0.5) is 0 Å². The Balaban J connectivity index is 2.30. The lowest BCUT2D eigenvalue weighted by atomic mass is 10.1. The van der Waals surface area contributed by atoms with Gasteiger partial charge >= 0.3 is 5.97 Å². The van der Waals surface area contributed by atoms with Crippen LogP contribution < -0.4 is 5.43 Å². The summed E-state index contributed by atoms with van der Waals surface area (Å²) < 4.78 is 1.74. The average Bonchev–Trinajstić information content (AvgIpc) is 2.92. The van der Waals surface area contributed by atoms with E-state index in [0.29, 0.717) is 10.9 Å². The summed E-state index contributed by atoms with van der Waals surface area (Å²) in [6, 6.07) is 5.19. The van der Waals surface area contributed by atoms with Crippen LogP contribution in [0.25, 0.3) is 16.6 Å². The fourth-order valence-corrected chi connectivity index (χ4v) is 1.94. The summed E-state index contributed by atoms with van der Waals surface area (Å²) in [5.74, 6) is -1.24. The van der Waals surface area contributed by atoms with Crippen LogP contribution in [0.15, 0.2) is 47.9 Å². The molecule has 0 aliphatic rings. The molecule has 94 valence electrons. The SMILES string of the molecule is O=C(O)c1c[nH]c2ccc(-n3ccnc3)cc2c1=O. The number of carbonyl (C=O) groups is 1. The van der Waals surface area contributed by atoms with Crippen LogP contribution in [-0.4, -0.2) is 25.6 Å². The van der Waals surface area contributed by atoms with Crippen LogP contribution in [0.5, 0.6) is 0 Å². The Kier molecular flexibility index (Phi) is 2.42. The monoisotopic (exact) mass is 255 g/mol. The lowest BCUT2D eigenvalue weighted by Gasteiger charge is -2.04. The van der Waals surface area contributed by atoms with Crippen molar-refractivity contribution in [1.82, 2.24) is 14.5 Å². The zero-order valence-corrected chi connectivity index (χ0v) is 9.70. The highest BCUT2D eigenvalue weighted by atomic mass is 16.4. The van der Waals surface area contributed by atoms with Crippen molar-refractivity contribution >= 4 is 16.9 Å². The van der Waals surface area contributed by atoms with Gasteiger partial charge in [0.05, 0.1) is 6.33 Å².